The minimum absolute atomic E-state index is 0.426. The van der Waals surface area contributed by atoms with Crippen LogP contribution >= 0.6 is 0 Å². The smallest absolute Gasteiger partial charge is 0.0544 e. The molecular formula is C10H17N3. The fraction of sp³-hybridized carbons (Fsp3) is 0.600. The first-order valence-corrected chi connectivity index (χ1v) is 4.82. The molecule has 1 aromatic rings. The Balaban J connectivity index is 2.56. The highest BCUT2D eigenvalue weighted by molar-refractivity contribution is 5.10. The quantitative estimate of drug-likeness (QED) is 0.750. The fourth-order valence-corrected chi connectivity index (χ4v) is 1.39. The Morgan fingerprint density at radius 1 is 1.46 bits per heavy atom. The Kier molecular flexibility index (Phi) is 4.40. The third kappa shape index (κ3) is 3.11. The van der Waals surface area contributed by atoms with Gasteiger partial charge in [0.15, 0.2) is 0 Å². The first-order valence-electron chi connectivity index (χ1n) is 4.82. The van der Waals surface area contributed by atoms with E-state index in [1.54, 1.807) is 6.20 Å². The molecule has 0 fully saturated rings. The van der Waals surface area contributed by atoms with Crippen molar-refractivity contribution in [3.63, 3.8) is 0 Å². The second-order valence-corrected chi connectivity index (χ2v) is 3.16. The lowest BCUT2D eigenvalue weighted by molar-refractivity contribution is 0.520. The highest BCUT2D eigenvalue weighted by Gasteiger charge is 2.07. The van der Waals surface area contributed by atoms with Crippen LogP contribution in [0.1, 0.15) is 37.8 Å². The van der Waals surface area contributed by atoms with Gasteiger partial charge in [-0.05, 0) is 25.1 Å². The van der Waals surface area contributed by atoms with Crippen LogP contribution in [0.3, 0.4) is 0 Å². The first kappa shape index (κ1) is 10.1. The number of rotatable bonds is 5. The van der Waals surface area contributed by atoms with Crippen LogP contribution < -0.4 is 5.32 Å². The summed E-state index contributed by atoms with van der Waals surface area (Å²) in [4.78, 5) is 0. The van der Waals surface area contributed by atoms with Gasteiger partial charge in [0.1, 0.15) is 0 Å². The van der Waals surface area contributed by atoms with Crippen LogP contribution in [0, 0.1) is 0 Å². The van der Waals surface area contributed by atoms with Gasteiger partial charge in [0.05, 0.1) is 6.20 Å². The lowest BCUT2D eigenvalue weighted by Gasteiger charge is -2.14. The van der Waals surface area contributed by atoms with Gasteiger partial charge in [0.25, 0.3) is 0 Å². The van der Waals surface area contributed by atoms with Gasteiger partial charge in [-0.15, -0.1) is 0 Å². The molecule has 0 spiro atoms. The van der Waals surface area contributed by atoms with E-state index in [9.17, 15) is 0 Å². The summed E-state index contributed by atoms with van der Waals surface area (Å²) in [5.41, 5.74) is 1.23. The molecule has 1 unspecified atom stereocenters. The normalized spacial score (nSPS) is 12.8. The van der Waals surface area contributed by atoms with Crippen molar-refractivity contribution in [2.24, 2.45) is 0 Å². The van der Waals surface area contributed by atoms with Gasteiger partial charge >= 0.3 is 0 Å². The predicted molar refractivity (Wildman–Crippen MR) is 53.4 cm³/mol. The number of nitrogens with one attached hydrogen (secondary N) is 1. The summed E-state index contributed by atoms with van der Waals surface area (Å²) >= 11 is 0. The Morgan fingerprint density at radius 3 is 2.85 bits per heavy atom. The molecule has 13 heavy (non-hydrogen) atoms. The molecule has 0 bridgehead atoms. The van der Waals surface area contributed by atoms with Gasteiger partial charge in [-0.1, -0.05) is 19.8 Å². The van der Waals surface area contributed by atoms with Crippen molar-refractivity contribution in [1.29, 1.82) is 0 Å². The van der Waals surface area contributed by atoms with Crippen molar-refractivity contribution < 1.29 is 0 Å². The molecule has 1 aromatic heterocycles. The zero-order valence-corrected chi connectivity index (χ0v) is 8.33. The van der Waals surface area contributed by atoms with Crippen molar-refractivity contribution in [3.8, 4) is 0 Å². The molecule has 0 saturated carbocycles. The molecule has 72 valence electrons. The molecule has 1 rings (SSSR count). The average Bonchev–Trinajstić information content (AvgIpc) is 2.21. The van der Waals surface area contributed by atoms with E-state index in [1.807, 2.05) is 19.3 Å². The highest BCUT2D eigenvalue weighted by atomic mass is 15.1. The number of hydrogen-bond acceptors (Lipinski definition) is 3. The maximum Gasteiger partial charge on any atom is 0.0544 e. The van der Waals surface area contributed by atoms with Crippen LogP contribution in [0.5, 0.6) is 0 Å². The molecule has 0 aliphatic heterocycles. The van der Waals surface area contributed by atoms with Gasteiger partial charge in [0.2, 0.25) is 0 Å². The molecule has 1 atom stereocenters. The maximum absolute atomic E-state index is 3.87. The molecule has 0 amide bonds. The summed E-state index contributed by atoms with van der Waals surface area (Å²) in [6.07, 6.45) is 7.21. The second-order valence-electron chi connectivity index (χ2n) is 3.16. The second kappa shape index (κ2) is 5.65. The van der Waals surface area contributed by atoms with E-state index in [2.05, 4.69) is 22.4 Å². The Labute approximate surface area is 79.6 Å². The maximum atomic E-state index is 3.87. The molecule has 0 radical (unpaired) electrons. The number of nitrogens with zero attached hydrogens (tertiary/aromatic N) is 2. The van der Waals surface area contributed by atoms with E-state index in [1.165, 1.54) is 24.8 Å². The predicted octanol–water partition coefficient (Wildman–Crippen LogP) is 1.93. The molecule has 3 heteroatoms. The van der Waals surface area contributed by atoms with Gasteiger partial charge in [0, 0.05) is 12.2 Å². The monoisotopic (exact) mass is 179 g/mol. The van der Waals surface area contributed by atoms with Crippen molar-refractivity contribution in [3.05, 3.63) is 24.0 Å². The number of aromatic nitrogens is 2. The summed E-state index contributed by atoms with van der Waals surface area (Å²) in [5.74, 6) is 0. The lowest BCUT2D eigenvalue weighted by atomic mass is 10.0. The molecule has 3 nitrogen and oxygen atoms in total. The molecule has 1 heterocycles. The first-order chi connectivity index (χ1) is 6.38. The number of unbranched alkanes of at least 4 members (excludes halogenated alkanes) is 1. The van der Waals surface area contributed by atoms with Crippen LogP contribution in [0.2, 0.25) is 0 Å². The van der Waals surface area contributed by atoms with Crippen LogP contribution in [-0.4, -0.2) is 17.2 Å². The average molecular weight is 179 g/mol. The van der Waals surface area contributed by atoms with Crippen molar-refractivity contribution in [1.82, 2.24) is 15.5 Å². The summed E-state index contributed by atoms with van der Waals surface area (Å²) in [7, 11) is 1.99. The Hall–Kier alpha value is -0.960. The number of hydrogen-bond donors (Lipinski definition) is 1. The Bertz CT molecular complexity index is 223. The van der Waals surface area contributed by atoms with Crippen LogP contribution in [0.15, 0.2) is 18.5 Å². The fourth-order valence-electron chi connectivity index (χ4n) is 1.39. The minimum Gasteiger partial charge on any atom is -0.313 e. The molecule has 0 aliphatic carbocycles. The molecule has 1 N–H and O–H groups in total. The summed E-state index contributed by atoms with van der Waals surface area (Å²) < 4.78 is 0. The van der Waals surface area contributed by atoms with E-state index in [0.717, 1.165) is 0 Å². The lowest BCUT2D eigenvalue weighted by Crippen LogP contribution is -2.16. The minimum atomic E-state index is 0.426. The zero-order valence-electron chi connectivity index (χ0n) is 8.33. The van der Waals surface area contributed by atoms with E-state index >= 15 is 0 Å². The van der Waals surface area contributed by atoms with Gasteiger partial charge in [-0.25, -0.2) is 0 Å². The summed E-state index contributed by atoms with van der Waals surface area (Å²) in [5, 5.41) is 10.9. The van der Waals surface area contributed by atoms with Crippen molar-refractivity contribution >= 4 is 0 Å². The molecule has 0 saturated heterocycles. The summed E-state index contributed by atoms with van der Waals surface area (Å²) in [6, 6.07) is 2.44. The van der Waals surface area contributed by atoms with Gasteiger partial charge in [-0.3, -0.25) is 0 Å². The molecule has 0 aromatic carbocycles. The molecule has 0 aliphatic rings. The Morgan fingerprint density at radius 2 is 2.31 bits per heavy atom. The SMILES string of the molecule is CCCCC(NC)c1ccnnc1. The van der Waals surface area contributed by atoms with Gasteiger partial charge < -0.3 is 5.32 Å². The van der Waals surface area contributed by atoms with Gasteiger partial charge in [-0.2, -0.15) is 10.2 Å². The van der Waals surface area contributed by atoms with E-state index in [0.29, 0.717) is 6.04 Å². The van der Waals surface area contributed by atoms with Crippen LogP contribution in [-0.2, 0) is 0 Å². The third-order valence-corrected chi connectivity index (χ3v) is 2.20. The van der Waals surface area contributed by atoms with Crippen LogP contribution in [0.25, 0.3) is 0 Å². The largest absolute Gasteiger partial charge is 0.313 e. The molecular weight excluding hydrogens is 162 g/mol. The standard InChI is InChI=1S/C10H17N3/c1-3-4-5-10(11-2)9-6-7-12-13-8-9/h6-8,10-11H,3-5H2,1-2H3. The van der Waals surface area contributed by atoms with Crippen LogP contribution in [0.4, 0.5) is 0 Å². The third-order valence-electron chi connectivity index (χ3n) is 2.20. The van der Waals surface area contributed by atoms with E-state index < -0.39 is 0 Å². The van der Waals surface area contributed by atoms with Crippen molar-refractivity contribution in [2.75, 3.05) is 7.05 Å². The zero-order chi connectivity index (χ0) is 9.52. The van der Waals surface area contributed by atoms with Crippen molar-refractivity contribution in [2.45, 2.75) is 32.2 Å². The van der Waals surface area contributed by atoms with E-state index in [4.69, 9.17) is 0 Å². The summed E-state index contributed by atoms with van der Waals surface area (Å²) in [6.45, 7) is 2.21. The topological polar surface area (TPSA) is 37.8 Å². The van der Waals surface area contributed by atoms with E-state index in [-0.39, 0.29) is 0 Å². The highest BCUT2D eigenvalue weighted by Crippen LogP contribution is 2.16.